The van der Waals surface area contributed by atoms with Gasteiger partial charge in [0.15, 0.2) is 0 Å². The second-order valence-corrected chi connectivity index (χ2v) is 7.20. The van der Waals surface area contributed by atoms with E-state index in [1.807, 2.05) is 12.1 Å². The third-order valence-electron chi connectivity index (χ3n) is 5.34. The number of anilines is 1. The topological polar surface area (TPSA) is 53.6 Å². The molecule has 0 radical (unpaired) electrons. The minimum Gasteiger partial charge on any atom is -0.379 e. The number of carbonyl (C=O) groups is 1. The lowest BCUT2D eigenvalue weighted by atomic mass is 9.99. The summed E-state index contributed by atoms with van der Waals surface area (Å²) in [5.41, 5.74) is 2.10. The van der Waals surface area contributed by atoms with Crippen LogP contribution in [0.5, 0.6) is 0 Å². The summed E-state index contributed by atoms with van der Waals surface area (Å²) in [4.78, 5) is 14.6. The number of urea groups is 1. The molecule has 1 aliphatic heterocycles. The molecule has 2 atom stereocenters. The van der Waals surface area contributed by atoms with E-state index >= 15 is 0 Å². The van der Waals surface area contributed by atoms with Gasteiger partial charge in [-0.3, -0.25) is 4.90 Å². The highest BCUT2D eigenvalue weighted by Crippen LogP contribution is 2.22. The van der Waals surface area contributed by atoms with E-state index in [-0.39, 0.29) is 6.03 Å². The Bertz CT molecular complexity index is 527. The number of unbranched alkanes of at least 4 members (excludes halogenated alkanes) is 1. The predicted octanol–water partition coefficient (Wildman–Crippen LogP) is 4.42. The lowest BCUT2D eigenvalue weighted by Crippen LogP contribution is -2.38. The van der Waals surface area contributed by atoms with Crippen LogP contribution in [0.4, 0.5) is 10.5 Å². The third kappa shape index (κ3) is 6.61. The summed E-state index contributed by atoms with van der Waals surface area (Å²) in [6.07, 6.45) is 4.72. The molecular formula is C21H35N3O2. The highest BCUT2D eigenvalue weighted by molar-refractivity contribution is 5.89. The number of nitrogens with one attached hydrogen (secondary N) is 2. The zero-order valence-corrected chi connectivity index (χ0v) is 16.6. The summed E-state index contributed by atoms with van der Waals surface area (Å²) in [7, 11) is 0. The van der Waals surface area contributed by atoms with Crippen molar-refractivity contribution >= 4 is 11.7 Å². The highest BCUT2D eigenvalue weighted by Gasteiger charge is 2.18. The molecular weight excluding hydrogens is 326 g/mol. The molecule has 1 heterocycles. The first-order valence-corrected chi connectivity index (χ1v) is 10.1. The van der Waals surface area contributed by atoms with Crippen LogP contribution in [-0.4, -0.2) is 43.8 Å². The van der Waals surface area contributed by atoms with Crippen LogP contribution in [0.25, 0.3) is 0 Å². The number of ether oxygens (including phenoxy) is 1. The standard InChI is InChI=1S/C21H35N3O2/c1-4-6-7-18(5-2)16-22-21(25)23-20-10-8-19(9-11-20)17(3)24-12-14-26-15-13-24/h8-11,17-18H,4-7,12-16H2,1-3H3,(H2,22,23,25). The minimum absolute atomic E-state index is 0.117. The predicted molar refractivity (Wildman–Crippen MR) is 108 cm³/mol. The van der Waals surface area contributed by atoms with Crippen LogP contribution < -0.4 is 10.6 Å². The molecule has 5 heteroatoms. The molecule has 1 aliphatic rings. The number of rotatable bonds is 9. The summed E-state index contributed by atoms with van der Waals surface area (Å²) in [6.45, 7) is 10.9. The number of hydrogen-bond acceptors (Lipinski definition) is 3. The van der Waals surface area contributed by atoms with E-state index < -0.39 is 0 Å². The summed E-state index contributed by atoms with van der Waals surface area (Å²) in [5.74, 6) is 0.567. The number of nitrogens with zero attached hydrogens (tertiary/aromatic N) is 1. The average molecular weight is 362 g/mol. The molecule has 2 rings (SSSR count). The second-order valence-electron chi connectivity index (χ2n) is 7.20. The normalized spacial score (nSPS) is 17.5. The fourth-order valence-corrected chi connectivity index (χ4v) is 3.38. The van der Waals surface area contributed by atoms with Gasteiger partial charge in [0, 0.05) is 31.4 Å². The molecule has 2 amide bonds. The Morgan fingerprint density at radius 2 is 1.88 bits per heavy atom. The quantitative estimate of drug-likeness (QED) is 0.685. The van der Waals surface area contributed by atoms with Crippen molar-refractivity contribution in [2.45, 2.75) is 52.5 Å². The van der Waals surface area contributed by atoms with Crippen molar-refractivity contribution in [3.63, 3.8) is 0 Å². The van der Waals surface area contributed by atoms with E-state index in [4.69, 9.17) is 4.74 Å². The summed E-state index contributed by atoms with van der Waals surface area (Å²) < 4.78 is 5.42. The highest BCUT2D eigenvalue weighted by atomic mass is 16.5. The second kappa shape index (κ2) is 11.2. The smallest absolute Gasteiger partial charge is 0.319 e. The van der Waals surface area contributed by atoms with Gasteiger partial charge in [0.05, 0.1) is 13.2 Å². The zero-order chi connectivity index (χ0) is 18.8. The van der Waals surface area contributed by atoms with Gasteiger partial charge in [0.2, 0.25) is 0 Å². The van der Waals surface area contributed by atoms with Crippen LogP contribution in [0.3, 0.4) is 0 Å². The molecule has 0 saturated carbocycles. The van der Waals surface area contributed by atoms with Crippen LogP contribution >= 0.6 is 0 Å². The molecule has 1 aromatic rings. The molecule has 146 valence electrons. The van der Waals surface area contributed by atoms with Crippen molar-refractivity contribution in [1.82, 2.24) is 10.2 Å². The Morgan fingerprint density at radius 1 is 1.19 bits per heavy atom. The minimum atomic E-state index is -0.117. The van der Waals surface area contributed by atoms with Crippen molar-refractivity contribution in [2.75, 3.05) is 38.2 Å². The van der Waals surface area contributed by atoms with Gasteiger partial charge in [-0.15, -0.1) is 0 Å². The first-order chi connectivity index (χ1) is 12.6. The van der Waals surface area contributed by atoms with Crippen molar-refractivity contribution < 1.29 is 9.53 Å². The summed E-state index contributed by atoms with van der Waals surface area (Å²) >= 11 is 0. The van der Waals surface area contributed by atoms with Gasteiger partial charge in [-0.05, 0) is 37.0 Å². The summed E-state index contributed by atoms with van der Waals surface area (Å²) in [5, 5.41) is 5.95. The van der Waals surface area contributed by atoms with E-state index in [2.05, 4.69) is 48.4 Å². The maximum atomic E-state index is 12.1. The van der Waals surface area contributed by atoms with E-state index in [1.165, 1.54) is 24.8 Å². The van der Waals surface area contributed by atoms with E-state index in [0.29, 0.717) is 12.0 Å². The Kier molecular flexibility index (Phi) is 8.92. The molecule has 26 heavy (non-hydrogen) atoms. The zero-order valence-electron chi connectivity index (χ0n) is 16.6. The van der Waals surface area contributed by atoms with Gasteiger partial charge in [-0.1, -0.05) is 45.2 Å². The first-order valence-electron chi connectivity index (χ1n) is 10.1. The van der Waals surface area contributed by atoms with E-state index in [9.17, 15) is 4.79 Å². The Morgan fingerprint density at radius 3 is 2.50 bits per heavy atom. The molecule has 0 spiro atoms. The fourth-order valence-electron chi connectivity index (χ4n) is 3.38. The number of morpholine rings is 1. The van der Waals surface area contributed by atoms with Gasteiger partial charge < -0.3 is 15.4 Å². The molecule has 0 aliphatic carbocycles. The molecule has 0 bridgehead atoms. The molecule has 0 aromatic heterocycles. The largest absolute Gasteiger partial charge is 0.379 e. The van der Waals surface area contributed by atoms with Gasteiger partial charge in [-0.2, -0.15) is 0 Å². The Balaban J connectivity index is 1.79. The Hall–Kier alpha value is -1.59. The fraction of sp³-hybridized carbons (Fsp3) is 0.667. The van der Waals surface area contributed by atoms with Gasteiger partial charge in [-0.25, -0.2) is 4.79 Å². The van der Waals surface area contributed by atoms with Crippen LogP contribution in [-0.2, 0) is 4.74 Å². The lowest BCUT2D eigenvalue weighted by Gasteiger charge is -2.32. The monoisotopic (exact) mass is 361 g/mol. The first kappa shape index (κ1) is 20.7. The maximum Gasteiger partial charge on any atom is 0.319 e. The molecule has 1 saturated heterocycles. The van der Waals surface area contributed by atoms with Crippen molar-refractivity contribution in [3.8, 4) is 0 Å². The molecule has 5 nitrogen and oxygen atoms in total. The van der Waals surface area contributed by atoms with Crippen molar-refractivity contribution in [2.24, 2.45) is 5.92 Å². The Labute approximate surface area is 158 Å². The number of hydrogen-bond donors (Lipinski definition) is 2. The van der Waals surface area contributed by atoms with Gasteiger partial charge in [0.25, 0.3) is 0 Å². The molecule has 1 fully saturated rings. The van der Waals surface area contributed by atoms with E-state index in [1.54, 1.807) is 0 Å². The van der Waals surface area contributed by atoms with Crippen molar-refractivity contribution in [1.29, 1.82) is 0 Å². The molecule has 2 unspecified atom stereocenters. The van der Waals surface area contributed by atoms with Crippen LogP contribution in [0.2, 0.25) is 0 Å². The molecule has 1 aromatic carbocycles. The van der Waals surface area contributed by atoms with Gasteiger partial charge >= 0.3 is 6.03 Å². The van der Waals surface area contributed by atoms with Gasteiger partial charge in [0.1, 0.15) is 0 Å². The summed E-state index contributed by atoms with van der Waals surface area (Å²) in [6, 6.07) is 8.43. The average Bonchev–Trinajstić information content (AvgIpc) is 2.69. The number of amides is 2. The maximum absolute atomic E-state index is 12.1. The van der Waals surface area contributed by atoms with E-state index in [0.717, 1.165) is 45.0 Å². The lowest BCUT2D eigenvalue weighted by molar-refractivity contribution is 0.0198. The molecule has 2 N–H and O–H groups in total. The SMILES string of the molecule is CCCCC(CC)CNC(=O)Nc1ccc(C(C)N2CCOCC2)cc1. The third-order valence-corrected chi connectivity index (χ3v) is 5.34. The number of carbonyl (C=O) groups excluding carboxylic acids is 1. The van der Waals surface area contributed by atoms with Crippen LogP contribution in [0, 0.1) is 5.92 Å². The van der Waals surface area contributed by atoms with Crippen LogP contribution in [0.1, 0.15) is 58.1 Å². The van der Waals surface area contributed by atoms with Crippen LogP contribution in [0.15, 0.2) is 24.3 Å². The number of benzene rings is 1. The van der Waals surface area contributed by atoms with Crippen molar-refractivity contribution in [3.05, 3.63) is 29.8 Å².